The second kappa shape index (κ2) is 7.34. The summed E-state index contributed by atoms with van der Waals surface area (Å²) in [6.45, 7) is 3.33. The Bertz CT molecular complexity index is 773. The number of carbonyl (C=O) groups excluding carboxylic acids is 2. The Kier molecular flexibility index (Phi) is 5.12. The molecule has 1 aromatic carbocycles. The molecule has 7 nitrogen and oxygen atoms in total. The maximum Gasteiger partial charge on any atom is 0.338 e. The molecule has 3 rings (SSSR count). The lowest BCUT2D eigenvalue weighted by Crippen LogP contribution is -2.33. The fourth-order valence-corrected chi connectivity index (χ4v) is 3.42. The zero-order valence-corrected chi connectivity index (χ0v) is 15.4. The number of aliphatic hydroxyl groups excluding tert-OH is 2. The summed E-state index contributed by atoms with van der Waals surface area (Å²) in [6, 6.07) is 6.68. The summed E-state index contributed by atoms with van der Waals surface area (Å²) in [6.07, 6.45) is -0.683. The summed E-state index contributed by atoms with van der Waals surface area (Å²) >= 11 is 0. The molecule has 2 N–H and O–H groups in total. The van der Waals surface area contributed by atoms with Gasteiger partial charge in [-0.15, -0.1) is 0 Å². The quantitative estimate of drug-likeness (QED) is 0.781. The normalized spacial score (nSPS) is 23.4. The van der Waals surface area contributed by atoms with E-state index in [1.807, 2.05) is 0 Å². The highest BCUT2D eigenvalue weighted by molar-refractivity contribution is 5.99. The molecule has 1 aromatic rings. The molecular formula is C20H22O7. The number of cyclic esters (lactones) is 2. The van der Waals surface area contributed by atoms with Gasteiger partial charge in [0, 0.05) is 12.8 Å². The molecule has 7 heteroatoms. The zero-order valence-electron chi connectivity index (χ0n) is 15.4. The standard InChI is InChI=1S/C20H22O7/c1-10-8-14(21)17(19(23)26-10)16(12-4-6-13(25-3)7-5-12)18-15(22)9-11(2)27-20(18)24/h4-7,10-11,16,21-22H,8-9H2,1-3H3/t10-,11-/m1/s1. The van der Waals surface area contributed by atoms with Crippen LogP contribution in [0, 0.1) is 0 Å². The summed E-state index contributed by atoms with van der Waals surface area (Å²) in [5.74, 6) is -2.18. The molecule has 0 saturated heterocycles. The topological polar surface area (TPSA) is 102 Å². The Labute approximate surface area is 156 Å². The largest absolute Gasteiger partial charge is 0.512 e. The predicted molar refractivity (Wildman–Crippen MR) is 95.4 cm³/mol. The van der Waals surface area contributed by atoms with Crippen molar-refractivity contribution in [2.45, 2.75) is 44.8 Å². The Balaban J connectivity index is 2.18. The lowest BCUT2D eigenvalue weighted by molar-refractivity contribution is -0.146. The number of aliphatic hydroxyl groups is 2. The molecule has 0 spiro atoms. The summed E-state index contributed by atoms with van der Waals surface area (Å²) in [5.41, 5.74) is 0.398. The molecule has 27 heavy (non-hydrogen) atoms. The number of rotatable bonds is 4. The Morgan fingerprint density at radius 3 is 1.74 bits per heavy atom. The smallest absolute Gasteiger partial charge is 0.338 e. The number of methoxy groups -OCH3 is 1. The van der Waals surface area contributed by atoms with E-state index in [-0.39, 0.29) is 35.5 Å². The molecule has 2 atom stereocenters. The summed E-state index contributed by atoms with van der Waals surface area (Å²) in [4.78, 5) is 25.1. The molecule has 0 unspecified atom stereocenters. The highest BCUT2D eigenvalue weighted by Crippen LogP contribution is 2.41. The Morgan fingerprint density at radius 2 is 1.37 bits per heavy atom. The molecule has 2 heterocycles. The molecule has 0 radical (unpaired) electrons. The summed E-state index contributed by atoms with van der Waals surface area (Å²) < 4.78 is 15.7. The van der Waals surface area contributed by atoms with Gasteiger partial charge in [0.25, 0.3) is 0 Å². The summed E-state index contributed by atoms with van der Waals surface area (Å²) in [7, 11) is 1.52. The van der Waals surface area contributed by atoms with Crippen LogP contribution in [-0.4, -0.2) is 41.5 Å². The van der Waals surface area contributed by atoms with Crippen LogP contribution < -0.4 is 4.74 Å². The first-order chi connectivity index (χ1) is 12.8. The maximum absolute atomic E-state index is 12.6. The molecule has 0 aliphatic carbocycles. The van der Waals surface area contributed by atoms with Crippen molar-refractivity contribution in [1.29, 1.82) is 0 Å². The minimum absolute atomic E-state index is 0.0636. The van der Waals surface area contributed by atoms with Crippen LogP contribution in [0.5, 0.6) is 5.75 Å². The van der Waals surface area contributed by atoms with Crippen molar-refractivity contribution in [3.63, 3.8) is 0 Å². The van der Waals surface area contributed by atoms with Gasteiger partial charge in [-0.05, 0) is 31.5 Å². The Hall–Kier alpha value is -2.96. The van der Waals surface area contributed by atoms with Crippen molar-refractivity contribution in [2.24, 2.45) is 0 Å². The molecular weight excluding hydrogens is 352 g/mol. The van der Waals surface area contributed by atoms with E-state index in [2.05, 4.69) is 0 Å². The molecule has 0 fully saturated rings. The van der Waals surface area contributed by atoms with Gasteiger partial charge < -0.3 is 24.4 Å². The van der Waals surface area contributed by atoms with Crippen LogP contribution in [0.1, 0.15) is 38.2 Å². The van der Waals surface area contributed by atoms with Gasteiger partial charge in [-0.3, -0.25) is 0 Å². The third-order valence-electron chi connectivity index (χ3n) is 4.67. The van der Waals surface area contributed by atoms with Crippen molar-refractivity contribution in [1.82, 2.24) is 0 Å². The zero-order chi connectivity index (χ0) is 19.7. The number of ether oxygens (including phenoxy) is 3. The minimum atomic E-state index is -1.00. The van der Waals surface area contributed by atoms with Gasteiger partial charge in [0.2, 0.25) is 0 Å². The van der Waals surface area contributed by atoms with Crippen LogP contribution in [0.15, 0.2) is 46.9 Å². The van der Waals surface area contributed by atoms with E-state index >= 15 is 0 Å². The molecule has 0 amide bonds. The number of esters is 2. The lowest BCUT2D eigenvalue weighted by Gasteiger charge is -2.31. The average molecular weight is 374 g/mol. The number of hydrogen-bond donors (Lipinski definition) is 2. The van der Waals surface area contributed by atoms with E-state index in [0.29, 0.717) is 11.3 Å². The second-order valence-electron chi connectivity index (χ2n) is 6.77. The van der Waals surface area contributed by atoms with Crippen molar-refractivity contribution >= 4 is 11.9 Å². The number of carbonyl (C=O) groups is 2. The number of benzene rings is 1. The van der Waals surface area contributed by atoms with Crippen LogP contribution in [0.25, 0.3) is 0 Å². The first kappa shape index (κ1) is 18.8. The molecule has 0 bridgehead atoms. The molecule has 0 saturated carbocycles. The average Bonchev–Trinajstić information content (AvgIpc) is 2.59. The van der Waals surface area contributed by atoms with Crippen molar-refractivity contribution in [3.8, 4) is 5.75 Å². The van der Waals surface area contributed by atoms with Gasteiger partial charge >= 0.3 is 11.9 Å². The van der Waals surface area contributed by atoms with Crippen LogP contribution in [-0.2, 0) is 19.1 Å². The SMILES string of the molecule is COc1ccc(C(C2=C(O)C[C@@H](C)OC2=O)C2=C(O)C[C@@H](C)OC2=O)cc1. The fraction of sp³-hybridized carbons (Fsp3) is 0.400. The number of hydrogen-bond acceptors (Lipinski definition) is 7. The van der Waals surface area contributed by atoms with E-state index < -0.39 is 30.1 Å². The third kappa shape index (κ3) is 3.63. The summed E-state index contributed by atoms with van der Waals surface area (Å²) in [5, 5.41) is 21.0. The van der Waals surface area contributed by atoms with Crippen LogP contribution >= 0.6 is 0 Å². The van der Waals surface area contributed by atoms with Crippen LogP contribution in [0.2, 0.25) is 0 Å². The van der Waals surface area contributed by atoms with Crippen LogP contribution in [0.4, 0.5) is 0 Å². The highest BCUT2D eigenvalue weighted by atomic mass is 16.6. The highest BCUT2D eigenvalue weighted by Gasteiger charge is 2.41. The Morgan fingerprint density at radius 1 is 0.926 bits per heavy atom. The maximum atomic E-state index is 12.6. The first-order valence-corrected chi connectivity index (χ1v) is 8.71. The van der Waals surface area contributed by atoms with Crippen molar-refractivity contribution in [3.05, 3.63) is 52.5 Å². The van der Waals surface area contributed by atoms with E-state index in [1.54, 1.807) is 38.1 Å². The fourth-order valence-electron chi connectivity index (χ4n) is 3.42. The van der Waals surface area contributed by atoms with Gasteiger partial charge in [-0.2, -0.15) is 0 Å². The van der Waals surface area contributed by atoms with E-state index in [9.17, 15) is 19.8 Å². The lowest BCUT2D eigenvalue weighted by atomic mass is 9.80. The monoisotopic (exact) mass is 374 g/mol. The van der Waals surface area contributed by atoms with Crippen molar-refractivity contribution < 1.29 is 34.0 Å². The van der Waals surface area contributed by atoms with E-state index in [4.69, 9.17) is 14.2 Å². The van der Waals surface area contributed by atoms with E-state index in [0.717, 1.165) is 0 Å². The molecule has 144 valence electrons. The predicted octanol–water partition coefficient (Wildman–Crippen LogP) is 3.07. The minimum Gasteiger partial charge on any atom is -0.512 e. The third-order valence-corrected chi connectivity index (χ3v) is 4.67. The second-order valence-corrected chi connectivity index (χ2v) is 6.77. The van der Waals surface area contributed by atoms with E-state index in [1.165, 1.54) is 7.11 Å². The molecule has 2 aliphatic heterocycles. The van der Waals surface area contributed by atoms with Gasteiger partial charge in [0.15, 0.2) is 0 Å². The van der Waals surface area contributed by atoms with Crippen molar-refractivity contribution in [2.75, 3.05) is 7.11 Å². The molecule has 2 aliphatic rings. The van der Waals surface area contributed by atoms with Gasteiger partial charge in [0.1, 0.15) is 29.5 Å². The molecule has 0 aromatic heterocycles. The van der Waals surface area contributed by atoms with Crippen LogP contribution in [0.3, 0.4) is 0 Å². The van der Waals surface area contributed by atoms with Gasteiger partial charge in [-0.25, -0.2) is 9.59 Å². The van der Waals surface area contributed by atoms with Gasteiger partial charge in [-0.1, -0.05) is 12.1 Å². The van der Waals surface area contributed by atoms with Gasteiger partial charge in [0.05, 0.1) is 24.2 Å². The first-order valence-electron chi connectivity index (χ1n) is 8.71.